The van der Waals surface area contributed by atoms with E-state index in [-0.39, 0.29) is 0 Å². The van der Waals surface area contributed by atoms with Crippen LogP contribution in [0.3, 0.4) is 0 Å². The van der Waals surface area contributed by atoms with Crippen LogP contribution < -0.4 is 10.6 Å². The van der Waals surface area contributed by atoms with Crippen molar-refractivity contribution in [1.82, 2.24) is 25.2 Å². The van der Waals surface area contributed by atoms with Crippen molar-refractivity contribution in [2.24, 2.45) is 0 Å². The molecule has 1 aliphatic rings. The lowest BCUT2D eigenvalue weighted by Crippen LogP contribution is -2.40. The van der Waals surface area contributed by atoms with Gasteiger partial charge in [-0.1, -0.05) is 0 Å². The highest BCUT2D eigenvalue weighted by Gasteiger charge is 2.20. The summed E-state index contributed by atoms with van der Waals surface area (Å²) in [6.45, 7) is 12.4. The Morgan fingerprint density at radius 1 is 1.16 bits per heavy atom. The molecule has 6 heteroatoms. The summed E-state index contributed by atoms with van der Waals surface area (Å²) in [5, 5.41) is 6.92. The average molecular weight is 340 g/mol. The van der Waals surface area contributed by atoms with Crippen molar-refractivity contribution < 1.29 is 0 Å². The normalized spacial score (nSPS) is 13.7. The van der Waals surface area contributed by atoms with Crippen LogP contribution in [0.25, 0.3) is 11.4 Å². The van der Waals surface area contributed by atoms with Crippen molar-refractivity contribution in [3.05, 3.63) is 35.8 Å². The fourth-order valence-electron chi connectivity index (χ4n) is 3.35. The molecule has 2 N–H and O–H groups in total. The Kier molecular flexibility index (Phi) is 5.60. The first-order valence-electron chi connectivity index (χ1n) is 9.06. The van der Waals surface area contributed by atoms with Gasteiger partial charge in [0.25, 0.3) is 0 Å². The van der Waals surface area contributed by atoms with Crippen molar-refractivity contribution in [2.45, 2.75) is 52.9 Å². The molecule has 2 aromatic heterocycles. The van der Waals surface area contributed by atoms with Crippen LogP contribution in [0, 0.1) is 0 Å². The van der Waals surface area contributed by atoms with Gasteiger partial charge in [-0.15, -0.1) is 0 Å². The van der Waals surface area contributed by atoms with Gasteiger partial charge in [0, 0.05) is 61.8 Å². The molecular weight excluding hydrogens is 312 g/mol. The van der Waals surface area contributed by atoms with Crippen molar-refractivity contribution in [2.75, 3.05) is 18.4 Å². The highest BCUT2D eigenvalue weighted by atomic mass is 15.2. The second-order valence-electron chi connectivity index (χ2n) is 7.02. The number of nitrogens with one attached hydrogen (secondary N) is 2. The van der Waals surface area contributed by atoms with Crippen LogP contribution >= 0.6 is 0 Å². The Morgan fingerprint density at radius 2 is 1.96 bits per heavy atom. The van der Waals surface area contributed by atoms with Crippen molar-refractivity contribution in [3.8, 4) is 11.4 Å². The summed E-state index contributed by atoms with van der Waals surface area (Å²) in [5.74, 6) is 1.68. The topological polar surface area (TPSA) is 66.0 Å². The maximum Gasteiger partial charge on any atom is 0.163 e. The number of fused-ring (bicyclic) bond motifs is 1. The van der Waals surface area contributed by atoms with Gasteiger partial charge in [-0.3, -0.25) is 9.88 Å². The zero-order valence-electron chi connectivity index (χ0n) is 15.6. The van der Waals surface area contributed by atoms with Crippen LogP contribution in [0.2, 0.25) is 0 Å². The molecule has 0 bridgehead atoms. The van der Waals surface area contributed by atoms with Gasteiger partial charge in [0.2, 0.25) is 0 Å². The molecule has 0 fully saturated rings. The monoisotopic (exact) mass is 340 g/mol. The van der Waals surface area contributed by atoms with E-state index in [0.29, 0.717) is 12.1 Å². The van der Waals surface area contributed by atoms with Gasteiger partial charge in [0.1, 0.15) is 5.82 Å². The highest BCUT2D eigenvalue weighted by Crippen LogP contribution is 2.25. The quantitative estimate of drug-likeness (QED) is 0.808. The maximum atomic E-state index is 4.78. The summed E-state index contributed by atoms with van der Waals surface area (Å²) in [7, 11) is 0. The molecule has 0 aromatic carbocycles. The van der Waals surface area contributed by atoms with Gasteiger partial charge in [-0.2, -0.15) is 0 Å². The second-order valence-corrected chi connectivity index (χ2v) is 7.02. The number of hydrogen-bond donors (Lipinski definition) is 2. The zero-order chi connectivity index (χ0) is 17.8. The van der Waals surface area contributed by atoms with E-state index in [1.54, 1.807) is 6.20 Å². The minimum Gasteiger partial charge on any atom is -0.368 e. The predicted octanol–water partition coefficient (Wildman–Crippen LogP) is 2.67. The van der Waals surface area contributed by atoms with Gasteiger partial charge in [-0.05, 0) is 39.8 Å². The molecule has 2 aromatic rings. The van der Waals surface area contributed by atoms with E-state index in [2.05, 4.69) is 48.2 Å². The molecule has 25 heavy (non-hydrogen) atoms. The molecule has 0 amide bonds. The molecule has 1 aliphatic heterocycles. The van der Waals surface area contributed by atoms with E-state index in [1.165, 1.54) is 5.56 Å². The highest BCUT2D eigenvalue weighted by molar-refractivity contribution is 5.59. The number of rotatable bonds is 7. The Balaban J connectivity index is 1.78. The first-order valence-corrected chi connectivity index (χ1v) is 9.06. The van der Waals surface area contributed by atoms with Crippen LogP contribution in [0.4, 0.5) is 5.82 Å². The largest absolute Gasteiger partial charge is 0.368 e. The first kappa shape index (κ1) is 17.8. The van der Waals surface area contributed by atoms with E-state index >= 15 is 0 Å². The number of pyridine rings is 1. The molecular formula is C19H28N6. The number of nitrogens with zero attached hydrogens (tertiary/aromatic N) is 4. The Morgan fingerprint density at radius 3 is 2.64 bits per heavy atom. The van der Waals surface area contributed by atoms with Crippen LogP contribution in [0.15, 0.2) is 24.5 Å². The first-order chi connectivity index (χ1) is 12.1. The lowest BCUT2D eigenvalue weighted by atomic mass is 10.2. The fourth-order valence-corrected chi connectivity index (χ4v) is 3.35. The van der Waals surface area contributed by atoms with Crippen molar-refractivity contribution in [1.29, 1.82) is 0 Å². The van der Waals surface area contributed by atoms with Gasteiger partial charge in [0.05, 0.1) is 5.69 Å². The van der Waals surface area contributed by atoms with Gasteiger partial charge in [-0.25, -0.2) is 9.97 Å². The number of anilines is 1. The molecule has 0 aliphatic carbocycles. The molecule has 0 spiro atoms. The SMILES string of the molecule is CC(C)N(CCNc1nc(-c2cccnc2)nc2c1CNC2)C(C)C. The van der Waals surface area contributed by atoms with Crippen molar-refractivity contribution in [3.63, 3.8) is 0 Å². The molecule has 134 valence electrons. The maximum absolute atomic E-state index is 4.78. The summed E-state index contributed by atoms with van der Waals surface area (Å²) in [6, 6.07) is 4.98. The molecule has 0 radical (unpaired) electrons. The standard InChI is InChI=1S/C19H28N6/c1-13(2)25(14(3)4)9-8-22-19-16-11-21-12-17(16)23-18(24-19)15-6-5-7-20-10-15/h5-7,10,13-14,21H,8-9,11-12H2,1-4H3,(H,22,23,24). The van der Waals surface area contributed by atoms with Crippen LogP contribution in [0.1, 0.15) is 39.0 Å². The summed E-state index contributed by atoms with van der Waals surface area (Å²) >= 11 is 0. The predicted molar refractivity (Wildman–Crippen MR) is 101 cm³/mol. The van der Waals surface area contributed by atoms with Crippen LogP contribution in [0.5, 0.6) is 0 Å². The Bertz CT molecular complexity index is 691. The third-order valence-electron chi connectivity index (χ3n) is 4.60. The Hall–Kier alpha value is -2.05. The van der Waals surface area contributed by atoms with Crippen LogP contribution in [-0.4, -0.2) is 45.0 Å². The third kappa shape index (κ3) is 4.14. The van der Waals surface area contributed by atoms with E-state index < -0.39 is 0 Å². The minimum absolute atomic E-state index is 0.533. The van der Waals surface area contributed by atoms with E-state index in [1.807, 2.05) is 18.3 Å². The van der Waals surface area contributed by atoms with E-state index in [0.717, 1.165) is 49.1 Å². The molecule has 0 atom stereocenters. The lowest BCUT2D eigenvalue weighted by Gasteiger charge is -2.30. The third-order valence-corrected chi connectivity index (χ3v) is 4.60. The van der Waals surface area contributed by atoms with E-state index in [4.69, 9.17) is 9.97 Å². The molecule has 3 rings (SSSR count). The number of hydrogen-bond acceptors (Lipinski definition) is 6. The number of aromatic nitrogens is 3. The molecule has 3 heterocycles. The van der Waals surface area contributed by atoms with Gasteiger partial charge in [0.15, 0.2) is 5.82 Å². The average Bonchev–Trinajstić information content (AvgIpc) is 3.07. The van der Waals surface area contributed by atoms with Crippen molar-refractivity contribution >= 4 is 5.82 Å². The smallest absolute Gasteiger partial charge is 0.163 e. The van der Waals surface area contributed by atoms with Gasteiger partial charge < -0.3 is 10.6 Å². The van der Waals surface area contributed by atoms with Gasteiger partial charge >= 0.3 is 0 Å². The van der Waals surface area contributed by atoms with Crippen LogP contribution in [-0.2, 0) is 13.1 Å². The van der Waals surface area contributed by atoms with E-state index in [9.17, 15) is 0 Å². The fraction of sp³-hybridized carbons (Fsp3) is 0.526. The lowest BCUT2D eigenvalue weighted by molar-refractivity contribution is 0.182. The molecule has 6 nitrogen and oxygen atoms in total. The summed E-state index contributed by atoms with van der Waals surface area (Å²) in [6.07, 6.45) is 3.58. The Labute approximate surface area is 150 Å². The minimum atomic E-state index is 0.533. The zero-order valence-corrected chi connectivity index (χ0v) is 15.6. The second kappa shape index (κ2) is 7.89. The molecule has 0 saturated carbocycles. The summed E-state index contributed by atoms with van der Waals surface area (Å²) < 4.78 is 0. The molecule has 0 unspecified atom stereocenters. The summed E-state index contributed by atoms with van der Waals surface area (Å²) in [4.78, 5) is 16.2. The molecule has 0 saturated heterocycles. The summed E-state index contributed by atoms with van der Waals surface area (Å²) in [5.41, 5.74) is 3.22.